The van der Waals surface area contributed by atoms with Crippen molar-refractivity contribution in [2.75, 3.05) is 19.3 Å². The molecule has 190 valence electrons. The van der Waals surface area contributed by atoms with Gasteiger partial charge in [-0.1, -0.05) is 6.92 Å². The van der Waals surface area contributed by atoms with Gasteiger partial charge in [-0.25, -0.2) is 27.9 Å². The molecule has 2 N–H and O–H groups in total. The molecule has 4 rings (SSSR count). The zero-order valence-corrected chi connectivity index (χ0v) is 19.9. The van der Waals surface area contributed by atoms with E-state index in [9.17, 15) is 31.2 Å². The highest BCUT2D eigenvalue weighted by Gasteiger charge is 2.34. The van der Waals surface area contributed by atoms with Crippen molar-refractivity contribution in [3.63, 3.8) is 0 Å². The number of sulfone groups is 1. The number of nitrogens with zero attached hydrogens (tertiary/aromatic N) is 6. The molecule has 0 bridgehead atoms. The fourth-order valence-electron chi connectivity index (χ4n) is 3.45. The Bertz CT molecular complexity index is 1630. The van der Waals surface area contributed by atoms with Crippen molar-refractivity contribution < 1.29 is 31.2 Å². The van der Waals surface area contributed by atoms with E-state index in [1.807, 2.05) is 0 Å². The number of nitrogens with one attached hydrogen (secondary N) is 2. The highest BCUT2D eigenvalue weighted by atomic mass is 32.2. The van der Waals surface area contributed by atoms with Crippen molar-refractivity contribution in [2.45, 2.75) is 18.1 Å². The summed E-state index contributed by atoms with van der Waals surface area (Å²) in [4.78, 5) is 36.1. The van der Waals surface area contributed by atoms with E-state index in [2.05, 4.69) is 30.7 Å². The fraction of sp³-hybridized carbons (Fsp3) is 0.300. The number of aromatic nitrogens is 6. The van der Waals surface area contributed by atoms with Crippen LogP contribution in [0.1, 0.15) is 23.1 Å². The number of carbonyl (C=O) groups is 2. The van der Waals surface area contributed by atoms with Gasteiger partial charge in [-0.3, -0.25) is 9.59 Å². The van der Waals surface area contributed by atoms with Crippen LogP contribution in [0, 0.1) is 0 Å². The van der Waals surface area contributed by atoms with Crippen LogP contribution in [0.5, 0.6) is 0 Å². The molecule has 16 heteroatoms. The van der Waals surface area contributed by atoms with Gasteiger partial charge in [0.2, 0.25) is 5.91 Å². The van der Waals surface area contributed by atoms with E-state index in [-0.39, 0.29) is 46.1 Å². The molecule has 0 unspecified atom stereocenters. The van der Waals surface area contributed by atoms with Gasteiger partial charge in [0.05, 0.1) is 29.5 Å². The molecule has 4 aromatic rings. The average Bonchev–Trinajstić information content (AvgIpc) is 3.39. The number of halogens is 3. The molecular formula is C20H19F3N8O4S. The van der Waals surface area contributed by atoms with E-state index in [4.69, 9.17) is 0 Å². The van der Waals surface area contributed by atoms with E-state index >= 15 is 0 Å². The smallest absolute Gasteiger partial charge is 0.358 e. The Morgan fingerprint density at radius 1 is 1.19 bits per heavy atom. The molecule has 0 aliphatic heterocycles. The summed E-state index contributed by atoms with van der Waals surface area (Å²) in [6.45, 7) is 1.05. The zero-order chi connectivity index (χ0) is 26.4. The van der Waals surface area contributed by atoms with Crippen LogP contribution in [0.2, 0.25) is 0 Å². The number of hydrogen-bond donors (Lipinski definition) is 2. The molecule has 4 heterocycles. The first-order valence-corrected chi connectivity index (χ1v) is 12.0. The molecule has 0 fully saturated rings. The quantitative estimate of drug-likeness (QED) is 0.378. The van der Waals surface area contributed by atoms with Crippen LogP contribution in [0.15, 0.2) is 29.6 Å². The Morgan fingerprint density at radius 2 is 1.92 bits per heavy atom. The monoisotopic (exact) mass is 524 g/mol. The third kappa shape index (κ3) is 4.23. The Labute approximate surface area is 201 Å². The van der Waals surface area contributed by atoms with Crippen molar-refractivity contribution in [1.82, 2.24) is 39.8 Å². The number of hydrogen-bond acceptors (Lipinski definition) is 8. The van der Waals surface area contributed by atoms with Crippen LogP contribution in [0.3, 0.4) is 0 Å². The number of amides is 2. The van der Waals surface area contributed by atoms with E-state index in [1.54, 1.807) is 0 Å². The van der Waals surface area contributed by atoms with E-state index in [0.29, 0.717) is 0 Å². The summed E-state index contributed by atoms with van der Waals surface area (Å²) < 4.78 is 67.8. The van der Waals surface area contributed by atoms with Gasteiger partial charge in [0.15, 0.2) is 20.5 Å². The second-order valence-corrected chi connectivity index (χ2v) is 9.75. The molecule has 0 spiro atoms. The summed E-state index contributed by atoms with van der Waals surface area (Å²) in [5.41, 5.74) is -1.32. The minimum atomic E-state index is -4.70. The van der Waals surface area contributed by atoms with E-state index in [0.717, 1.165) is 16.8 Å². The Morgan fingerprint density at radius 3 is 2.56 bits per heavy atom. The molecule has 0 radical (unpaired) electrons. The number of likely N-dealkylation sites (N-methyl/N-ethyl adjacent to an activating group) is 1. The molecule has 0 atom stereocenters. The predicted molar refractivity (Wildman–Crippen MR) is 120 cm³/mol. The van der Waals surface area contributed by atoms with Gasteiger partial charge >= 0.3 is 6.18 Å². The average molecular weight is 524 g/mol. The number of aryl methyl sites for hydroxylation is 1. The summed E-state index contributed by atoms with van der Waals surface area (Å²) in [7, 11) is -1.14. The van der Waals surface area contributed by atoms with Crippen LogP contribution >= 0.6 is 0 Å². The number of alkyl halides is 3. The van der Waals surface area contributed by atoms with Crippen LogP contribution in [-0.4, -0.2) is 68.7 Å². The van der Waals surface area contributed by atoms with Crippen molar-refractivity contribution >= 4 is 38.3 Å². The first-order chi connectivity index (χ1) is 16.9. The van der Waals surface area contributed by atoms with Gasteiger partial charge in [0, 0.05) is 20.3 Å². The largest absolute Gasteiger partial charge is 0.433 e. The lowest BCUT2D eigenvalue weighted by Gasteiger charge is -2.06. The maximum absolute atomic E-state index is 13.2. The number of imidazole rings is 1. The molecular weight excluding hydrogens is 505 g/mol. The van der Waals surface area contributed by atoms with Gasteiger partial charge in [0.1, 0.15) is 22.8 Å². The number of fused-ring (bicyclic) bond motifs is 2. The molecule has 0 aromatic carbocycles. The number of pyridine rings is 1. The van der Waals surface area contributed by atoms with E-state index in [1.165, 1.54) is 37.8 Å². The third-order valence-electron chi connectivity index (χ3n) is 5.36. The minimum Gasteiger partial charge on any atom is -0.358 e. The number of rotatable bonds is 6. The van der Waals surface area contributed by atoms with Gasteiger partial charge in [-0.05, 0) is 12.1 Å². The first-order valence-electron chi connectivity index (χ1n) is 10.4. The van der Waals surface area contributed by atoms with Crippen molar-refractivity contribution in [2.24, 2.45) is 7.05 Å². The fourth-order valence-corrected chi connectivity index (χ4v) is 4.43. The predicted octanol–water partition coefficient (Wildman–Crippen LogP) is 0.966. The molecule has 0 aliphatic rings. The van der Waals surface area contributed by atoms with E-state index < -0.39 is 38.5 Å². The molecule has 0 saturated carbocycles. The van der Waals surface area contributed by atoms with Crippen LogP contribution < -0.4 is 10.6 Å². The molecule has 0 aliphatic carbocycles. The van der Waals surface area contributed by atoms with Crippen LogP contribution in [0.4, 0.5) is 13.2 Å². The topological polar surface area (TPSA) is 153 Å². The first kappa shape index (κ1) is 25.0. The van der Waals surface area contributed by atoms with Crippen molar-refractivity contribution in [3.8, 4) is 11.4 Å². The highest BCUT2D eigenvalue weighted by molar-refractivity contribution is 7.91. The number of carbonyl (C=O) groups excluding carboxylic acids is 2. The maximum atomic E-state index is 13.2. The molecule has 4 aromatic heterocycles. The summed E-state index contributed by atoms with van der Waals surface area (Å²) >= 11 is 0. The van der Waals surface area contributed by atoms with Crippen LogP contribution in [0.25, 0.3) is 28.1 Å². The second kappa shape index (κ2) is 8.85. The van der Waals surface area contributed by atoms with Crippen LogP contribution in [-0.2, 0) is 27.9 Å². The summed E-state index contributed by atoms with van der Waals surface area (Å²) in [5, 5.41) is 8.41. The van der Waals surface area contributed by atoms with Gasteiger partial charge in [0.25, 0.3) is 5.91 Å². The molecule has 2 amide bonds. The Balaban J connectivity index is 1.97. The van der Waals surface area contributed by atoms with Gasteiger partial charge < -0.3 is 15.2 Å². The molecule has 36 heavy (non-hydrogen) atoms. The normalized spacial score (nSPS) is 12.3. The van der Waals surface area contributed by atoms with Gasteiger partial charge in [-0.2, -0.15) is 18.3 Å². The summed E-state index contributed by atoms with van der Waals surface area (Å²) in [5.74, 6) is -1.59. The lowest BCUT2D eigenvalue weighted by molar-refractivity contribution is -0.141. The molecule has 0 saturated heterocycles. The SMILES string of the molecule is CCS(=O)(=O)c1nn2c(C(=O)NCC(=O)NC)ccnc2c1-c1nc2cc(C(F)(F)F)ncc2n1C. The highest BCUT2D eigenvalue weighted by Crippen LogP contribution is 2.34. The Hall–Kier alpha value is -4.08. The zero-order valence-electron chi connectivity index (χ0n) is 19.1. The van der Waals surface area contributed by atoms with Crippen molar-refractivity contribution in [1.29, 1.82) is 0 Å². The van der Waals surface area contributed by atoms with Crippen molar-refractivity contribution in [3.05, 3.63) is 35.9 Å². The second-order valence-electron chi connectivity index (χ2n) is 7.56. The molecule has 12 nitrogen and oxygen atoms in total. The minimum absolute atomic E-state index is 0.0384. The lowest BCUT2D eigenvalue weighted by atomic mass is 10.3. The Kier molecular flexibility index (Phi) is 6.15. The standard InChI is InChI=1S/C20H19F3N8O4S/c1-4-36(34,35)19-15(17-28-10-7-13(20(21,22)23)26-8-12(10)30(17)3)16-25-6-5-11(31(16)29-19)18(33)27-9-14(32)24-2/h5-8H,4,9H2,1-3H3,(H,24,32)(H,27,33). The summed E-state index contributed by atoms with van der Waals surface area (Å²) in [6, 6.07) is 2.03. The van der Waals surface area contributed by atoms with Gasteiger partial charge in [-0.15, -0.1) is 0 Å². The maximum Gasteiger partial charge on any atom is 0.433 e. The lowest BCUT2D eigenvalue weighted by Crippen LogP contribution is -2.36. The third-order valence-corrected chi connectivity index (χ3v) is 7.00. The summed E-state index contributed by atoms with van der Waals surface area (Å²) in [6.07, 6.45) is -2.48.